The summed E-state index contributed by atoms with van der Waals surface area (Å²) in [7, 11) is 0. The van der Waals surface area contributed by atoms with Crippen LogP contribution in [0.15, 0.2) is 67.7 Å². The van der Waals surface area contributed by atoms with Crippen LogP contribution in [0, 0.1) is 0 Å². The minimum Gasteiger partial charge on any atom is -0.268 e. The van der Waals surface area contributed by atoms with Crippen molar-refractivity contribution in [2.45, 2.75) is 64.7 Å². The van der Waals surface area contributed by atoms with Crippen molar-refractivity contribution in [3.05, 3.63) is 112 Å². The maximum absolute atomic E-state index is 14.1. The molecule has 5 rings (SSSR count). The molecular formula is C32H26F6N2O4. The van der Waals surface area contributed by atoms with E-state index in [9.17, 15) is 45.5 Å². The van der Waals surface area contributed by atoms with Crippen molar-refractivity contribution in [3.8, 4) is 11.4 Å². The summed E-state index contributed by atoms with van der Waals surface area (Å²) < 4.78 is 80.7. The lowest BCUT2D eigenvalue weighted by Gasteiger charge is -2.26. The van der Waals surface area contributed by atoms with Crippen LogP contribution in [0.5, 0.6) is 0 Å². The normalized spacial score (nSPS) is 13.4. The molecule has 0 aliphatic carbocycles. The van der Waals surface area contributed by atoms with Gasteiger partial charge in [0.1, 0.15) is 0 Å². The molecule has 230 valence electrons. The molecule has 12 heteroatoms. The summed E-state index contributed by atoms with van der Waals surface area (Å²) in [5.41, 5.74) is -7.64. The molecule has 0 amide bonds. The molecule has 0 N–H and O–H groups in total. The monoisotopic (exact) mass is 616 g/mol. The molecule has 0 spiro atoms. The Labute approximate surface area is 245 Å². The number of halogens is 6. The first kappa shape index (κ1) is 31.0. The second kappa shape index (κ2) is 9.51. The molecule has 0 aliphatic rings. The Morgan fingerprint density at radius 1 is 0.432 bits per heavy atom. The maximum atomic E-state index is 14.1. The van der Waals surface area contributed by atoms with E-state index in [-0.39, 0.29) is 44.0 Å². The third-order valence-electron chi connectivity index (χ3n) is 7.57. The van der Waals surface area contributed by atoms with Crippen molar-refractivity contribution in [3.63, 3.8) is 0 Å². The minimum absolute atomic E-state index is 0.0797. The van der Waals surface area contributed by atoms with Crippen LogP contribution in [0.25, 0.3) is 32.9 Å². The van der Waals surface area contributed by atoms with E-state index in [4.69, 9.17) is 0 Å². The van der Waals surface area contributed by atoms with Gasteiger partial charge in [-0.1, -0.05) is 41.5 Å². The number of rotatable bonds is 2. The van der Waals surface area contributed by atoms with Crippen LogP contribution >= 0.6 is 0 Å². The predicted molar refractivity (Wildman–Crippen MR) is 155 cm³/mol. The molecule has 5 aromatic rings. The zero-order valence-corrected chi connectivity index (χ0v) is 24.4. The van der Waals surface area contributed by atoms with Crippen molar-refractivity contribution in [2.75, 3.05) is 0 Å². The average Bonchev–Trinajstić information content (AvgIpc) is 3.29. The van der Waals surface area contributed by atoms with Gasteiger partial charge in [-0.2, -0.15) is 26.3 Å². The van der Waals surface area contributed by atoms with Crippen LogP contribution in [-0.4, -0.2) is 9.13 Å². The number of nitrogens with zero attached hydrogens (tertiary/aromatic N) is 2. The second-order valence-electron chi connectivity index (χ2n) is 12.7. The summed E-state index contributed by atoms with van der Waals surface area (Å²) in [5, 5.41) is -0.606. The Morgan fingerprint density at radius 2 is 0.659 bits per heavy atom. The van der Waals surface area contributed by atoms with Gasteiger partial charge in [0.2, 0.25) is 0 Å². The van der Waals surface area contributed by atoms with Gasteiger partial charge in [0.15, 0.2) is 0 Å². The fourth-order valence-electron chi connectivity index (χ4n) is 5.81. The maximum Gasteiger partial charge on any atom is 0.416 e. The van der Waals surface area contributed by atoms with E-state index in [1.807, 2.05) is 0 Å². The fraction of sp³-hybridized carbons (Fsp3) is 0.312. The van der Waals surface area contributed by atoms with Crippen LogP contribution in [0.2, 0.25) is 0 Å². The Kier molecular flexibility index (Phi) is 6.69. The molecule has 0 atom stereocenters. The molecule has 0 fully saturated rings. The van der Waals surface area contributed by atoms with Gasteiger partial charge < -0.3 is 0 Å². The Bertz CT molecular complexity index is 1930. The summed E-state index contributed by atoms with van der Waals surface area (Å²) in [4.78, 5) is 56.3. The molecule has 0 saturated heterocycles. The lowest BCUT2D eigenvalue weighted by Crippen LogP contribution is -2.26. The van der Waals surface area contributed by atoms with Gasteiger partial charge in [0, 0.05) is 0 Å². The fourth-order valence-corrected chi connectivity index (χ4v) is 5.81. The second-order valence-corrected chi connectivity index (χ2v) is 12.7. The lowest BCUT2D eigenvalue weighted by atomic mass is 9.76. The van der Waals surface area contributed by atoms with E-state index < -0.39 is 56.5 Å². The molecule has 2 aromatic heterocycles. The van der Waals surface area contributed by atoms with Gasteiger partial charge >= 0.3 is 12.4 Å². The van der Waals surface area contributed by atoms with Crippen molar-refractivity contribution in [1.29, 1.82) is 0 Å². The molecule has 2 heterocycles. The Morgan fingerprint density at radius 3 is 0.841 bits per heavy atom. The topological polar surface area (TPSA) is 78.1 Å². The zero-order chi connectivity index (χ0) is 32.9. The minimum atomic E-state index is -4.65. The van der Waals surface area contributed by atoms with Crippen LogP contribution in [0.1, 0.15) is 63.8 Å². The number of benzene rings is 3. The Balaban J connectivity index is 1.99. The van der Waals surface area contributed by atoms with E-state index >= 15 is 0 Å². The summed E-state index contributed by atoms with van der Waals surface area (Å²) in [6.45, 7) is 9.98. The molecule has 0 unspecified atom stereocenters. The highest BCUT2D eigenvalue weighted by Crippen LogP contribution is 2.40. The molecule has 44 heavy (non-hydrogen) atoms. The predicted octanol–water partition coefficient (Wildman–Crippen LogP) is 6.52. The summed E-state index contributed by atoms with van der Waals surface area (Å²) in [6, 6.07) is 6.93. The summed E-state index contributed by atoms with van der Waals surface area (Å²) in [6.07, 6.45) is -9.31. The van der Waals surface area contributed by atoms with E-state index in [0.29, 0.717) is 0 Å². The van der Waals surface area contributed by atoms with Crippen molar-refractivity contribution >= 4 is 21.5 Å². The first-order chi connectivity index (χ1) is 20.1. The van der Waals surface area contributed by atoms with Gasteiger partial charge in [0.05, 0.1) is 44.0 Å². The third-order valence-corrected chi connectivity index (χ3v) is 7.57. The largest absolute Gasteiger partial charge is 0.416 e. The quantitative estimate of drug-likeness (QED) is 0.212. The van der Waals surface area contributed by atoms with Crippen LogP contribution in [0.4, 0.5) is 26.3 Å². The Hall–Kier alpha value is -4.48. The van der Waals surface area contributed by atoms with E-state index in [2.05, 4.69) is 0 Å². The average molecular weight is 617 g/mol. The van der Waals surface area contributed by atoms with E-state index in [0.717, 1.165) is 57.7 Å². The molecule has 0 saturated carbocycles. The highest BCUT2D eigenvalue weighted by Gasteiger charge is 2.37. The van der Waals surface area contributed by atoms with Crippen molar-refractivity contribution in [1.82, 2.24) is 9.13 Å². The standard InChI is InChI=1S/C32H26F6N2O4/c1-29(2,3)23-19-21(27(43)39(25(19)41)17-11-7-15(8-12-17)31(33,34)35)24(30(4,5)6)22-20(23)26(42)40(28(22)44)18-13-9-16(10-14-18)32(36,37)38/h7-14H,1-6H3. The number of aromatic nitrogens is 2. The molecule has 0 aliphatic heterocycles. The van der Waals surface area contributed by atoms with Crippen LogP contribution in [-0.2, 0) is 23.2 Å². The number of hydrogen-bond donors (Lipinski definition) is 0. The lowest BCUT2D eigenvalue weighted by molar-refractivity contribution is -0.138. The van der Waals surface area contributed by atoms with Gasteiger partial charge in [-0.3, -0.25) is 19.2 Å². The highest BCUT2D eigenvalue weighted by molar-refractivity contribution is 6.07. The van der Waals surface area contributed by atoms with E-state index in [1.54, 1.807) is 41.5 Å². The van der Waals surface area contributed by atoms with Gasteiger partial charge in [-0.15, -0.1) is 0 Å². The zero-order valence-electron chi connectivity index (χ0n) is 24.4. The van der Waals surface area contributed by atoms with Crippen LogP contribution < -0.4 is 22.2 Å². The summed E-state index contributed by atoms with van der Waals surface area (Å²) >= 11 is 0. The van der Waals surface area contributed by atoms with Gasteiger partial charge in [-0.25, -0.2) is 9.13 Å². The number of hydrogen-bond acceptors (Lipinski definition) is 4. The van der Waals surface area contributed by atoms with E-state index in [1.165, 1.54) is 0 Å². The highest BCUT2D eigenvalue weighted by atomic mass is 19.4. The first-order valence-electron chi connectivity index (χ1n) is 13.4. The van der Waals surface area contributed by atoms with Crippen molar-refractivity contribution in [2.24, 2.45) is 0 Å². The van der Waals surface area contributed by atoms with Crippen molar-refractivity contribution < 1.29 is 26.3 Å². The molecule has 0 bridgehead atoms. The number of alkyl halides is 6. The molecule has 0 radical (unpaired) electrons. The van der Waals surface area contributed by atoms with Gasteiger partial charge in [-0.05, 0) is 70.5 Å². The third kappa shape index (κ3) is 4.67. The molecular weight excluding hydrogens is 590 g/mol. The SMILES string of the molecule is CC(C)(C)c1c2c(=O)n(-c3ccc(C(F)(F)F)cc3)c(=O)c2c(C(C)(C)C)c2c(=O)n(-c3ccc(C(F)(F)F)cc3)c(=O)c12. The molecule has 3 aromatic carbocycles. The van der Waals surface area contributed by atoms with Crippen LogP contribution in [0.3, 0.4) is 0 Å². The smallest absolute Gasteiger partial charge is 0.268 e. The molecule has 6 nitrogen and oxygen atoms in total. The summed E-state index contributed by atoms with van der Waals surface area (Å²) in [5.74, 6) is 0. The van der Waals surface area contributed by atoms with Gasteiger partial charge in [0.25, 0.3) is 22.2 Å². The number of fused-ring (bicyclic) bond motifs is 2. The first-order valence-corrected chi connectivity index (χ1v) is 13.4.